The van der Waals surface area contributed by atoms with Crippen LogP contribution in [0, 0.1) is 0 Å². The minimum atomic E-state index is -0.482. The number of benzene rings is 12. The summed E-state index contributed by atoms with van der Waals surface area (Å²) in [5, 5.41) is 12.8. The molecule has 12 aromatic rings. The van der Waals surface area contributed by atoms with Gasteiger partial charge in [-0.2, -0.15) is 0 Å². The molecule has 0 amide bonds. The van der Waals surface area contributed by atoms with Gasteiger partial charge in [-0.05, 0) is 104 Å². The zero-order valence-electron chi connectivity index (χ0n) is 35.2. The van der Waals surface area contributed by atoms with Crippen molar-refractivity contribution in [1.29, 1.82) is 0 Å². The van der Waals surface area contributed by atoms with Crippen LogP contribution in [0.15, 0.2) is 249 Å². The molecule has 0 spiro atoms. The van der Waals surface area contributed by atoms with Crippen molar-refractivity contribution in [3.8, 4) is 22.3 Å². The zero-order valence-corrected chi connectivity index (χ0v) is 35.2. The second kappa shape index (κ2) is 14.5. The van der Waals surface area contributed by atoms with Gasteiger partial charge in [-0.15, -0.1) is 0 Å². The number of rotatable bonds is 6. The summed E-state index contributed by atoms with van der Waals surface area (Å²) in [7, 11) is 0. The maximum atomic E-state index is 2.54. The normalized spacial score (nSPS) is 12.8. The van der Waals surface area contributed by atoms with Gasteiger partial charge in [-0.1, -0.05) is 259 Å². The average Bonchev–Trinajstić information content (AvgIpc) is 3.67. The molecular weight excluding hydrogens is 768 g/mol. The Morgan fingerprint density at radius 1 is 0.250 bits per heavy atom. The molecule has 0 atom stereocenters. The fraction of sp³-hybridized carbons (Fsp3) is 0.0159. The molecule has 0 radical (unpaired) electrons. The van der Waals surface area contributed by atoms with Gasteiger partial charge in [-0.3, -0.25) is 0 Å². The van der Waals surface area contributed by atoms with Crippen molar-refractivity contribution >= 4 is 77.0 Å². The molecule has 12 aromatic carbocycles. The van der Waals surface area contributed by atoms with Crippen LogP contribution in [0.1, 0.15) is 22.3 Å². The molecule has 0 aliphatic heterocycles. The number of hydrogen-bond acceptors (Lipinski definition) is 0. The Labute approximate surface area is 373 Å². The highest BCUT2D eigenvalue weighted by molar-refractivity contribution is 6.95. The van der Waals surface area contributed by atoms with Crippen molar-refractivity contribution in [1.82, 2.24) is 0 Å². The zero-order chi connectivity index (χ0) is 42.2. The fourth-order valence-electron chi connectivity index (χ4n) is 11.4. The van der Waals surface area contributed by atoms with Crippen LogP contribution >= 0.6 is 0 Å². The van der Waals surface area contributed by atoms with E-state index in [0.29, 0.717) is 0 Å². The topological polar surface area (TPSA) is 0 Å². The molecule has 1 heteroatoms. The van der Waals surface area contributed by atoms with E-state index in [2.05, 4.69) is 249 Å². The van der Waals surface area contributed by atoms with Gasteiger partial charge in [0.15, 0.2) is 0 Å². The Kier molecular flexibility index (Phi) is 8.33. The van der Waals surface area contributed by atoms with E-state index in [1.807, 2.05) is 0 Å². The van der Waals surface area contributed by atoms with E-state index in [1.165, 1.54) is 115 Å². The molecule has 1 aliphatic carbocycles. The lowest BCUT2D eigenvalue weighted by molar-refractivity contribution is 0.769. The standard InChI is InChI=1S/C63H41B/c1-3-16-46(17-4-1)63(47-18-5-2-6-19-47)61-26-14-13-25-57(61)58-38-36-50(41-62(58)63)64(49-35-31-44-28-27-43-15-7-8-20-51(43)59(44)40-49)48-33-29-42(30-34-48)45-32-37-56-54-23-10-9-21-52(54)53-22-11-12-24-55(53)60(56)39-45/h1-41H. The summed E-state index contributed by atoms with van der Waals surface area (Å²) < 4.78 is 0. The van der Waals surface area contributed by atoms with Gasteiger partial charge in [-0.25, -0.2) is 0 Å². The Balaban J connectivity index is 1.02. The van der Waals surface area contributed by atoms with E-state index in [4.69, 9.17) is 0 Å². The largest absolute Gasteiger partial charge is 0.241 e. The SMILES string of the molecule is c1ccc(C2(c3ccccc3)c3ccccc3-c3ccc(B(c4ccc(-c5ccc6c7ccccc7c7ccccc7c6c5)cc4)c4ccc5ccc6ccccc6c5c4)cc32)cc1. The summed E-state index contributed by atoms with van der Waals surface area (Å²) in [6.45, 7) is -0.0254. The van der Waals surface area contributed by atoms with Gasteiger partial charge < -0.3 is 0 Å². The van der Waals surface area contributed by atoms with Crippen molar-refractivity contribution in [2.24, 2.45) is 0 Å². The highest BCUT2D eigenvalue weighted by Crippen LogP contribution is 2.55. The van der Waals surface area contributed by atoms with E-state index < -0.39 is 5.41 Å². The van der Waals surface area contributed by atoms with Crippen LogP contribution in [0.4, 0.5) is 0 Å². The molecule has 1 aliphatic rings. The Bertz CT molecular complexity index is 3700. The first-order valence-electron chi connectivity index (χ1n) is 22.4. The number of hydrogen-bond donors (Lipinski definition) is 0. The lowest BCUT2D eigenvalue weighted by Crippen LogP contribution is -2.52. The van der Waals surface area contributed by atoms with Gasteiger partial charge in [0.1, 0.15) is 0 Å². The van der Waals surface area contributed by atoms with E-state index >= 15 is 0 Å². The van der Waals surface area contributed by atoms with Crippen LogP contribution in [0.2, 0.25) is 0 Å². The third kappa shape index (κ3) is 5.51. The third-order valence-corrected chi connectivity index (χ3v) is 14.2. The van der Waals surface area contributed by atoms with Crippen molar-refractivity contribution in [3.63, 3.8) is 0 Å². The maximum absolute atomic E-state index is 2.54. The molecule has 0 unspecified atom stereocenters. The van der Waals surface area contributed by atoms with E-state index in [9.17, 15) is 0 Å². The van der Waals surface area contributed by atoms with Crippen molar-refractivity contribution in [3.05, 3.63) is 271 Å². The summed E-state index contributed by atoms with van der Waals surface area (Å²) in [6.07, 6.45) is 0. The molecule has 0 saturated heterocycles. The van der Waals surface area contributed by atoms with Crippen LogP contribution in [-0.2, 0) is 5.41 Å². The monoisotopic (exact) mass is 808 g/mol. The molecule has 296 valence electrons. The maximum Gasteiger partial charge on any atom is 0.241 e. The fourth-order valence-corrected chi connectivity index (χ4v) is 11.4. The molecule has 0 N–H and O–H groups in total. The van der Waals surface area contributed by atoms with Gasteiger partial charge >= 0.3 is 0 Å². The second-order valence-electron chi connectivity index (χ2n) is 17.5. The molecule has 0 bridgehead atoms. The predicted octanol–water partition coefficient (Wildman–Crippen LogP) is 14.0. The van der Waals surface area contributed by atoms with E-state index in [0.717, 1.165) is 0 Å². The highest BCUT2D eigenvalue weighted by atomic mass is 14.5. The summed E-state index contributed by atoms with van der Waals surface area (Å²) in [5.74, 6) is 0. The smallest absolute Gasteiger partial charge is 0.0686 e. The first-order valence-corrected chi connectivity index (χ1v) is 22.4. The first kappa shape index (κ1) is 36.6. The molecular formula is C63H41B. The Morgan fingerprint density at radius 2 is 0.719 bits per heavy atom. The second-order valence-corrected chi connectivity index (χ2v) is 17.5. The Hall–Kier alpha value is -8.00. The molecule has 0 aromatic heterocycles. The summed E-state index contributed by atoms with van der Waals surface area (Å²) in [6, 6.07) is 93.2. The van der Waals surface area contributed by atoms with Gasteiger partial charge in [0, 0.05) is 0 Å². The average molecular weight is 809 g/mol. The van der Waals surface area contributed by atoms with Crippen LogP contribution < -0.4 is 16.4 Å². The molecule has 0 heterocycles. The van der Waals surface area contributed by atoms with Gasteiger partial charge in [0.2, 0.25) is 6.71 Å². The van der Waals surface area contributed by atoms with Gasteiger partial charge in [0.05, 0.1) is 5.41 Å². The van der Waals surface area contributed by atoms with Crippen molar-refractivity contribution in [2.45, 2.75) is 5.41 Å². The quantitative estimate of drug-likeness (QED) is 0.116. The van der Waals surface area contributed by atoms with Gasteiger partial charge in [0.25, 0.3) is 0 Å². The minimum absolute atomic E-state index is 0.0254. The third-order valence-electron chi connectivity index (χ3n) is 14.2. The Morgan fingerprint density at radius 3 is 1.41 bits per heavy atom. The minimum Gasteiger partial charge on any atom is -0.0686 e. The molecule has 64 heavy (non-hydrogen) atoms. The van der Waals surface area contributed by atoms with E-state index in [-0.39, 0.29) is 6.71 Å². The molecule has 0 saturated carbocycles. The summed E-state index contributed by atoms with van der Waals surface area (Å²) >= 11 is 0. The lowest BCUT2D eigenvalue weighted by atomic mass is 9.36. The van der Waals surface area contributed by atoms with Crippen molar-refractivity contribution in [2.75, 3.05) is 0 Å². The number of fused-ring (bicyclic) bond motifs is 12. The lowest BCUT2D eigenvalue weighted by Gasteiger charge is -2.34. The van der Waals surface area contributed by atoms with Crippen LogP contribution in [0.3, 0.4) is 0 Å². The highest BCUT2D eigenvalue weighted by Gasteiger charge is 2.46. The molecule has 0 fully saturated rings. The summed E-state index contributed by atoms with van der Waals surface area (Å²) in [4.78, 5) is 0. The van der Waals surface area contributed by atoms with Crippen LogP contribution in [-0.4, -0.2) is 6.71 Å². The van der Waals surface area contributed by atoms with Crippen LogP contribution in [0.25, 0.3) is 76.1 Å². The molecule has 0 nitrogen and oxygen atoms in total. The van der Waals surface area contributed by atoms with E-state index in [1.54, 1.807) is 0 Å². The van der Waals surface area contributed by atoms with Crippen LogP contribution in [0.5, 0.6) is 0 Å². The predicted molar refractivity (Wildman–Crippen MR) is 274 cm³/mol. The molecule has 13 rings (SSSR count). The van der Waals surface area contributed by atoms with Crippen molar-refractivity contribution < 1.29 is 0 Å². The summed E-state index contributed by atoms with van der Waals surface area (Å²) in [5.41, 5.74) is 13.6. The first-order chi connectivity index (χ1) is 31.7.